The first-order chi connectivity index (χ1) is 9.95. The highest BCUT2D eigenvalue weighted by atomic mass is 32.2. The van der Waals surface area contributed by atoms with Gasteiger partial charge in [0, 0.05) is 24.3 Å². The van der Waals surface area contributed by atoms with Gasteiger partial charge in [0.1, 0.15) is 5.82 Å². The summed E-state index contributed by atoms with van der Waals surface area (Å²) in [6, 6.07) is 0. The van der Waals surface area contributed by atoms with Crippen molar-refractivity contribution in [3.63, 3.8) is 0 Å². The van der Waals surface area contributed by atoms with Gasteiger partial charge in [0.05, 0.1) is 11.9 Å². The Hall–Kier alpha value is -1.30. The number of aromatic nitrogens is 2. The molecule has 1 aliphatic rings. The van der Waals surface area contributed by atoms with E-state index >= 15 is 0 Å². The minimum atomic E-state index is -0.127. The molecule has 0 saturated carbocycles. The zero-order valence-electron chi connectivity index (χ0n) is 13.2. The Morgan fingerprint density at radius 3 is 2.86 bits per heavy atom. The summed E-state index contributed by atoms with van der Waals surface area (Å²) >= 11 is 1.94. The summed E-state index contributed by atoms with van der Waals surface area (Å²) in [6.07, 6.45) is 4.06. The number of hydrogen-bond acceptors (Lipinski definition) is 5. The van der Waals surface area contributed by atoms with Crippen molar-refractivity contribution in [2.45, 2.75) is 44.3 Å². The van der Waals surface area contributed by atoms with E-state index in [-0.39, 0.29) is 16.6 Å². The fourth-order valence-electron chi connectivity index (χ4n) is 2.36. The molecule has 0 aliphatic carbocycles. The van der Waals surface area contributed by atoms with Crippen LogP contribution in [-0.2, 0) is 0 Å². The molecule has 0 radical (unpaired) electrons. The van der Waals surface area contributed by atoms with Gasteiger partial charge in [-0.25, -0.2) is 9.97 Å². The van der Waals surface area contributed by atoms with Crippen LogP contribution in [0.3, 0.4) is 0 Å². The monoisotopic (exact) mass is 308 g/mol. The molecule has 1 amide bonds. The molecule has 5 nitrogen and oxygen atoms in total. The lowest BCUT2D eigenvalue weighted by Crippen LogP contribution is -2.37. The second kappa shape index (κ2) is 6.64. The van der Waals surface area contributed by atoms with Crippen LogP contribution in [0, 0.1) is 0 Å². The van der Waals surface area contributed by atoms with Crippen LogP contribution in [-0.4, -0.2) is 40.0 Å². The maximum absolute atomic E-state index is 12.4. The van der Waals surface area contributed by atoms with E-state index in [9.17, 15) is 4.79 Å². The van der Waals surface area contributed by atoms with Gasteiger partial charge in [-0.3, -0.25) is 4.79 Å². The topological polar surface area (TPSA) is 66.9 Å². The highest BCUT2D eigenvalue weighted by Crippen LogP contribution is 2.37. The average molecular weight is 308 g/mol. The molecule has 1 unspecified atom stereocenters. The number of hydrogen-bond donors (Lipinski definition) is 2. The lowest BCUT2D eigenvalue weighted by molar-refractivity contribution is 0.0945. The first-order valence-electron chi connectivity index (χ1n) is 7.42. The predicted molar refractivity (Wildman–Crippen MR) is 88.1 cm³/mol. The van der Waals surface area contributed by atoms with Crippen LogP contribution in [0.2, 0.25) is 0 Å². The summed E-state index contributed by atoms with van der Waals surface area (Å²) in [5, 5.41) is 6.02. The standard InChI is InChI=1S/C15H24N4OS/c1-10(2)13-17-8-11(16-4)12(19-13)14(20)18-9-15(3)6-5-7-21-15/h8,10,16H,5-7,9H2,1-4H3,(H,18,20). The van der Waals surface area contributed by atoms with Crippen LogP contribution < -0.4 is 10.6 Å². The van der Waals surface area contributed by atoms with E-state index in [0.29, 0.717) is 23.8 Å². The summed E-state index contributed by atoms with van der Waals surface area (Å²) in [7, 11) is 1.78. The van der Waals surface area contributed by atoms with E-state index in [0.717, 1.165) is 6.42 Å². The maximum atomic E-state index is 12.4. The van der Waals surface area contributed by atoms with Crippen molar-refractivity contribution in [3.05, 3.63) is 17.7 Å². The molecular formula is C15H24N4OS. The molecule has 0 bridgehead atoms. The van der Waals surface area contributed by atoms with Gasteiger partial charge in [-0.05, 0) is 25.5 Å². The van der Waals surface area contributed by atoms with Crippen LogP contribution in [0.15, 0.2) is 6.20 Å². The number of carbonyl (C=O) groups is 1. The maximum Gasteiger partial charge on any atom is 0.272 e. The summed E-state index contributed by atoms with van der Waals surface area (Å²) in [4.78, 5) is 21.2. The number of carbonyl (C=O) groups excluding carboxylic acids is 1. The van der Waals surface area contributed by atoms with Crippen LogP contribution >= 0.6 is 11.8 Å². The molecule has 2 N–H and O–H groups in total. The Balaban J connectivity index is 2.11. The summed E-state index contributed by atoms with van der Waals surface area (Å²) < 4.78 is 0.156. The van der Waals surface area contributed by atoms with E-state index in [4.69, 9.17) is 0 Å². The summed E-state index contributed by atoms with van der Waals surface area (Å²) in [5.41, 5.74) is 1.10. The van der Waals surface area contributed by atoms with E-state index < -0.39 is 0 Å². The predicted octanol–water partition coefficient (Wildman–Crippen LogP) is 2.66. The number of amides is 1. The fourth-order valence-corrected chi connectivity index (χ4v) is 3.60. The second-order valence-electron chi connectivity index (χ2n) is 5.98. The van der Waals surface area contributed by atoms with Crippen LogP contribution in [0.1, 0.15) is 55.8 Å². The molecule has 2 heterocycles. The molecule has 1 saturated heterocycles. The molecule has 0 aromatic carbocycles. The highest BCUT2D eigenvalue weighted by molar-refractivity contribution is 8.00. The van der Waals surface area contributed by atoms with Gasteiger partial charge in [0.25, 0.3) is 5.91 Å². The van der Waals surface area contributed by atoms with Crippen molar-refractivity contribution in [2.24, 2.45) is 0 Å². The number of nitrogens with zero attached hydrogens (tertiary/aromatic N) is 2. The van der Waals surface area contributed by atoms with Crippen molar-refractivity contribution in [2.75, 3.05) is 24.7 Å². The SMILES string of the molecule is CNc1cnc(C(C)C)nc1C(=O)NCC1(C)CCCS1. The average Bonchev–Trinajstić information content (AvgIpc) is 2.91. The number of anilines is 1. The molecule has 1 aromatic heterocycles. The van der Waals surface area contributed by atoms with Gasteiger partial charge in [-0.15, -0.1) is 0 Å². The molecule has 2 rings (SSSR count). The fraction of sp³-hybridized carbons (Fsp3) is 0.667. The Morgan fingerprint density at radius 1 is 1.52 bits per heavy atom. The molecule has 1 fully saturated rings. The lowest BCUT2D eigenvalue weighted by atomic mass is 10.1. The quantitative estimate of drug-likeness (QED) is 0.875. The number of rotatable bonds is 5. The first-order valence-corrected chi connectivity index (χ1v) is 8.40. The van der Waals surface area contributed by atoms with E-state index in [1.54, 1.807) is 13.2 Å². The third kappa shape index (κ3) is 3.87. The zero-order valence-corrected chi connectivity index (χ0v) is 14.0. The van der Waals surface area contributed by atoms with Gasteiger partial charge >= 0.3 is 0 Å². The minimum Gasteiger partial charge on any atom is -0.385 e. The van der Waals surface area contributed by atoms with Crippen molar-refractivity contribution in [1.29, 1.82) is 0 Å². The molecular weight excluding hydrogens is 284 g/mol. The molecule has 1 atom stereocenters. The van der Waals surface area contributed by atoms with E-state index in [2.05, 4.69) is 27.5 Å². The van der Waals surface area contributed by atoms with E-state index in [1.807, 2.05) is 25.6 Å². The molecule has 1 aromatic rings. The lowest BCUT2D eigenvalue weighted by Gasteiger charge is -2.23. The Kier molecular flexibility index (Phi) is 5.08. The third-order valence-electron chi connectivity index (χ3n) is 3.73. The second-order valence-corrected chi connectivity index (χ2v) is 7.66. The van der Waals surface area contributed by atoms with Crippen LogP contribution in [0.25, 0.3) is 0 Å². The molecule has 6 heteroatoms. The van der Waals surface area contributed by atoms with Crippen molar-refractivity contribution >= 4 is 23.4 Å². The van der Waals surface area contributed by atoms with Crippen molar-refractivity contribution < 1.29 is 4.79 Å². The number of thioether (sulfide) groups is 1. The van der Waals surface area contributed by atoms with Crippen molar-refractivity contribution in [3.8, 4) is 0 Å². The van der Waals surface area contributed by atoms with Crippen molar-refractivity contribution in [1.82, 2.24) is 15.3 Å². The van der Waals surface area contributed by atoms with Gasteiger partial charge in [-0.1, -0.05) is 13.8 Å². The molecule has 1 aliphatic heterocycles. The third-order valence-corrected chi connectivity index (χ3v) is 5.27. The van der Waals surface area contributed by atoms with Crippen LogP contribution in [0.5, 0.6) is 0 Å². The largest absolute Gasteiger partial charge is 0.385 e. The number of nitrogens with one attached hydrogen (secondary N) is 2. The molecule has 0 spiro atoms. The minimum absolute atomic E-state index is 0.127. The van der Waals surface area contributed by atoms with Gasteiger partial charge in [-0.2, -0.15) is 11.8 Å². The zero-order chi connectivity index (χ0) is 15.5. The smallest absolute Gasteiger partial charge is 0.272 e. The molecule has 21 heavy (non-hydrogen) atoms. The Labute approximate surface area is 130 Å². The van der Waals surface area contributed by atoms with E-state index in [1.165, 1.54) is 12.2 Å². The summed E-state index contributed by atoms with van der Waals surface area (Å²) in [5.74, 6) is 1.95. The highest BCUT2D eigenvalue weighted by Gasteiger charge is 2.30. The van der Waals surface area contributed by atoms with Gasteiger partial charge in [0.15, 0.2) is 5.69 Å². The van der Waals surface area contributed by atoms with Gasteiger partial charge < -0.3 is 10.6 Å². The van der Waals surface area contributed by atoms with Gasteiger partial charge in [0.2, 0.25) is 0 Å². The summed E-state index contributed by atoms with van der Waals surface area (Å²) in [6.45, 7) is 6.93. The van der Waals surface area contributed by atoms with Crippen LogP contribution in [0.4, 0.5) is 5.69 Å². The normalized spacial score (nSPS) is 21.6. The Bertz CT molecular complexity index is 512. The first kappa shape index (κ1) is 16.1. The Morgan fingerprint density at radius 2 is 2.29 bits per heavy atom. The molecule has 116 valence electrons.